The Kier molecular flexibility index (Phi) is 2.80. The average molecular weight is 259 g/mol. The molecule has 0 radical (unpaired) electrons. The summed E-state index contributed by atoms with van der Waals surface area (Å²) in [5.74, 6) is 0.764. The average Bonchev–Trinajstić information content (AvgIpc) is 2.39. The third kappa shape index (κ3) is 2.00. The molecule has 0 amide bonds. The molecule has 90 valence electrons. The van der Waals surface area contributed by atoms with Gasteiger partial charge in [-0.15, -0.1) is 0 Å². The second-order valence-corrected chi connectivity index (χ2v) is 4.72. The van der Waals surface area contributed by atoms with E-state index in [1.165, 1.54) is 0 Å². The van der Waals surface area contributed by atoms with Crippen LogP contribution in [0.5, 0.6) is 5.75 Å². The zero-order chi connectivity index (χ0) is 12.5. The summed E-state index contributed by atoms with van der Waals surface area (Å²) in [7, 11) is 0. The van der Waals surface area contributed by atoms with Gasteiger partial charge in [-0.1, -0.05) is 35.9 Å². The lowest BCUT2D eigenvalue weighted by molar-refractivity contribution is 0.0850. The van der Waals surface area contributed by atoms with Crippen LogP contribution in [-0.4, -0.2) is 5.78 Å². The highest BCUT2D eigenvalue weighted by molar-refractivity contribution is 6.30. The van der Waals surface area contributed by atoms with Gasteiger partial charge in [0.25, 0.3) is 0 Å². The molecule has 0 spiro atoms. The molecule has 3 heteroatoms. The van der Waals surface area contributed by atoms with Crippen molar-refractivity contribution in [3.05, 3.63) is 64.7 Å². The van der Waals surface area contributed by atoms with Crippen LogP contribution in [0.15, 0.2) is 48.5 Å². The van der Waals surface area contributed by atoms with Gasteiger partial charge in [-0.3, -0.25) is 4.79 Å². The van der Waals surface area contributed by atoms with E-state index in [4.69, 9.17) is 16.3 Å². The van der Waals surface area contributed by atoms with Gasteiger partial charge in [0.2, 0.25) is 0 Å². The summed E-state index contributed by atoms with van der Waals surface area (Å²) in [6.07, 6.45) is 0.114. The minimum Gasteiger partial charge on any atom is -0.484 e. The predicted molar refractivity (Wildman–Crippen MR) is 70.2 cm³/mol. The maximum absolute atomic E-state index is 12.0. The number of ether oxygens (including phenoxy) is 1. The van der Waals surface area contributed by atoms with E-state index in [0.717, 1.165) is 5.56 Å². The molecule has 2 aromatic carbocycles. The predicted octanol–water partition coefficient (Wildman–Crippen LogP) is 4.05. The van der Waals surface area contributed by atoms with Crippen LogP contribution >= 0.6 is 11.6 Å². The molecule has 0 N–H and O–H groups in total. The van der Waals surface area contributed by atoms with Gasteiger partial charge in [-0.2, -0.15) is 0 Å². The quantitative estimate of drug-likeness (QED) is 0.771. The minimum absolute atomic E-state index is 0.113. The molecule has 1 atom stereocenters. The van der Waals surface area contributed by atoms with Crippen LogP contribution in [0.25, 0.3) is 0 Å². The number of Topliss-reactive ketones (excluding diaryl/α,β-unsaturated/α-hetero) is 1. The van der Waals surface area contributed by atoms with Crippen molar-refractivity contribution in [3.63, 3.8) is 0 Å². The Morgan fingerprint density at radius 3 is 2.78 bits per heavy atom. The summed E-state index contributed by atoms with van der Waals surface area (Å²) in [4.78, 5) is 12.0. The van der Waals surface area contributed by atoms with E-state index >= 15 is 0 Å². The Balaban J connectivity index is 1.97. The SMILES string of the molecule is O=C1C[C@H](c2cccc(Cl)c2)Oc2ccccc21. The molecule has 2 nitrogen and oxygen atoms in total. The van der Waals surface area contributed by atoms with E-state index in [1.807, 2.05) is 42.5 Å². The van der Waals surface area contributed by atoms with Gasteiger partial charge in [0, 0.05) is 5.02 Å². The summed E-state index contributed by atoms with van der Waals surface area (Å²) in [6, 6.07) is 14.8. The summed E-state index contributed by atoms with van der Waals surface area (Å²) in [5.41, 5.74) is 1.60. The third-order valence-electron chi connectivity index (χ3n) is 3.05. The second-order valence-electron chi connectivity index (χ2n) is 4.28. The first-order chi connectivity index (χ1) is 8.74. The first kappa shape index (κ1) is 11.3. The lowest BCUT2D eigenvalue weighted by Crippen LogP contribution is -2.20. The monoisotopic (exact) mass is 258 g/mol. The van der Waals surface area contributed by atoms with E-state index in [2.05, 4.69) is 0 Å². The Bertz CT molecular complexity index is 607. The van der Waals surface area contributed by atoms with Gasteiger partial charge in [-0.05, 0) is 29.8 Å². The summed E-state index contributed by atoms with van der Waals surface area (Å²) in [6.45, 7) is 0. The molecule has 0 saturated heterocycles. The molecule has 1 aliphatic rings. The number of hydrogen-bond donors (Lipinski definition) is 0. The smallest absolute Gasteiger partial charge is 0.170 e. The van der Waals surface area contributed by atoms with Gasteiger partial charge in [0.15, 0.2) is 5.78 Å². The van der Waals surface area contributed by atoms with E-state index in [-0.39, 0.29) is 11.9 Å². The molecule has 0 aromatic heterocycles. The third-order valence-corrected chi connectivity index (χ3v) is 3.28. The van der Waals surface area contributed by atoms with Crippen molar-refractivity contribution < 1.29 is 9.53 Å². The summed E-state index contributed by atoms with van der Waals surface area (Å²) >= 11 is 5.96. The van der Waals surface area contributed by atoms with Gasteiger partial charge in [-0.25, -0.2) is 0 Å². The number of fused-ring (bicyclic) bond motifs is 1. The number of rotatable bonds is 1. The van der Waals surface area contributed by atoms with E-state index in [1.54, 1.807) is 6.07 Å². The lowest BCUT2D eigenvalue weighted by Gasteiger charge is -2.25. The van der Waals surface area contributed by atoms with Crippen LogP contribution in [0.3, 0.4) is 0 Å². The first-order valence-corrected chi connectivity index (χ1v) is 6.16. The maximum Gasteiger partial charge on any atom is 0.170 e. The Morgan fingerprint density at radius 2 is 1.94 bits per heavy atom. The van der Waals surface area contributed by atoms with Crippen LogP contribution in [0.1, 0.15) is 28.4 Å². The highest BCUT2D eigenvalue weighted by Gasteiger charge is 2.27. The largest absolute Gasteiger partial charge is 0.484 e. The van der Waals surface area contributed by atoms with Gasteiger partial charge < -0.3 is 4.74 Å². The standard InChI is InChI=1S/C15H11ClO2/c16-11-5-3-4-10(8-11)15-9-13(17)12-6-1-2-7-14(12)18-15/h1-8,15H,9H2/t15-/m1/s1. The molecule has 0 aliphatic carbocycles. The van der Waals surface area contributed by atoms with Gasteiger partial charge in [0.05, 0.1) is 12.0 Å². The number of benzene rings is 2. The van der Waals surface area contributed by atoms with Gasteiger partial charge in [0.1, 0.15) is 11.9 Å². The van der Waals surface area contributed by atoms with Crippen molar-refractivity contribution in [2.45, 2.75) is 12.5 Å². The van der Waals surface area contributed by atoms with E-state index < -0.39 is 0 Å². The minimum atomic E-state index is -0.244. The molecule has 0 saturated carbocycles. The molecule has 1 heterocycles. The molecular weight excluding hydrogens is 248 g/mol. The normalized spacial score (nSPS) is 18.1. The highest BCUT2D eigenvalue weighted by atomic mass is 35.5. The molecule has 0 bridgehead atoms. The van der Waals surface area contributed by atoms with Crippen molar-refractivity contribution in [3.8, 4) is 5.75 Å². The lowest BCUT2D eigenvalue weighted by atomic mass is 9.96. The zero-order valence-corrected chi connectivity index (χ0v) is 10.4. The molecule has 3 rings (SSSR count). The Morgan fingerprint density at radius 1 is 1.11 bits per heavy atom. The number of hydrogen-bond acceptors (Lipinski definition) is 2. The van der Waals surface area contributed by atoms with Crippen LogP contribution in [0, 0.1) is 0 Å². The first-order valence-electron chi connectivity index (χ1n) is 5.78. The van der Waals surface area contributed by atoms with Crippen LogP contribution in [0.2, 0.25) is 5.02 Å². The highest BCUT2D eigenvalue weighted by Crippen LogP contribution is 2.35. The fourth-order valence-electron chi connectivity index (χ4n) is 2.17. The number of ketones is 1. The molecule has 18 heavy (non-hydrogen) atoms. The van der Waals surface area contributed by atoms with Crippen molar-refractivity contribution in [2.75, 3.05) is 0 Å². The maximum atomic E-state index is 12.0. The molecule has 2 aromatic rings. The summed E-state index contributed by atoms with van der Waals surface area (Å²) in [5, 5.41) is 0.655. The van der Waals surface area contributed by atoms with E-state index in [9.17, 15) is 4.79 Å². The zero-order valence-electron chi connectivity index (χ0n) is 9.60. The fraction of sp³-hybridized carbons (Fsp3) is 0.133. The summed E-state index contributed by atoms with van der Waals surface area (Å²) < 4.78 is 5.86. The molecule has 0 unspecified atom stereocenters. The molecular formula is C15H11ClO2. The van der Waals surface area contributed by atoms with E-state index in [0.29, 0.717) is 22.8 Å². The van der Waals surface area contributed by atoms with Crippen LogP contribution in [-0.2, 0) is 0 Å². The van der Waals surface area contributed by atoms with Gasteiger partial charge >= 0.3 is 0 Å². The van der Waals surface area contributed by atoms with Crippen molar-refractivity contribution >= 4 is 17.4 Å². The second kappa shape index (κ2) is 4.46. The number of carbonyl (C=O) groups excluding carboxylic acids is 1. The Labute approximate surface area is 110 Å². The van der Waals surface area contributed by atoms with Crippen molar-refractivity contribution in [1.82, 2.24) is 0 Å². The number of carbonyl (C=O) groups is 1. The molecule has 0 fully saturated rings. The number of halogens is 1. The van der Waals surface area contributed by atoms with Crippen LogP contribution < -0.4 is 4.74 Å². The van der Waals surface area contributed by atoms with Crippen LogP contribution in [0.4, 0.5) is 0 Å². The topological polar surface area (TPSA) is 26.3 Å². The fourth-order valence-corrected chi connectivity index (χ4v) is 2.36. The van der Waals surface area contributed by atoms with Crippen molar-refractivity contribution in [1.29, 1.82) is 0 Å². The Hall–Kier alpha value is -1.80. The molecule has 1 aliphatic heterocycles. The van der Waals surface area contributed by atoms with Crippen molar-refractivity contribution in [2.24, 2.45) is 0 Å². The number of para-hydroxylation sites is 1.